The first-order chi connectivity index (χ1) is 9.51. The molecule has 7 heteroatoms. The van der Waals surface area contributed by atoms with E-state index in [0.717, 1.165) is 12.1 Å². The van der Waals surface area contributed by atoms with Crippen LogP contribution < -0.4 is 4.74 Å². The third kappa shape index (κ3) is 5.02. The van der Waals surface area contributed by atoms with Crippen molar-refractivity contribution in [3.8, 4) is 5.75 Å². The molecule has 0 aliphatic rings. The van der Waals surface area contributed by atoms with Gasteiger partial charge in [0.1, 0.15) is 17.4 Å². The summed E-state index contributed by atoms with van der Waals surface area (Å²) in [5, 5.41) is 9.94. The third-order valence-electron chi connectivity index (χ3n) is 2.62. The predicted octanol–water partition coefficient (Wildman–Crippen LogP) is 4.40. The van der Waals surface area contributed by atoms with Crippen molar-refractivity contribution in [3.63, 3.8) is 0 Å². The number of hydrogen-bond acceptors (Lipinski definition) is 2. The van der Waals surface area contributed by atoms with E-state index in [2.05, 4.69) is 15.9 Å². The van der Waals surface area contributed by atoms with Crippen LogP contribution in [0.15, 0.2) is 12.1 Å². The molecule has 2 atom stereocenters. The molecular formula is C13H15BrCl2F2O2. The van der Waals surface area contributed by atoms with Crippen molar-refractivity contribution in [1.29, 1.82) is 0 Å². The van der Waals surface area contributed by atoms with Crippen molar-refractivity contribution in [2.45, 2.75) is 23.8 Å². The second-order valence-electron chi connectivity index (χ2n) is 4.13. The van der Waals surface area contributed by atoms with Gasteiger partial charge in [-0.3, -0.25) is 0 Å². The number of ether oxygens (including phenoxy) is 1. The number of alkyl halides is 3. The van der Waals surface area contributed by atoms with Crippen molar-refractivity contribution in [2.24, 2.45) is 0 Å². The second-order valence-corrected chi connectivity index (χ2v) is 6.06. The molecule has 0 radical (unpaired) electrons. The fourth-order valence-corrected chi connectivity index (χ4v) is 2.72. The van der Waals surface area contributed by atoms with Gasteiger partial charge in [0.2, 0.25) is 0 Å². The molecule has 0 aliphatic carbocycles. The molecule has 114 valence electrons. The van der Waals surface area contributed by atoms with Crippen molar-refractivity contribution < 1.29 is 18.6 Å². The van der Waals surface area contributed by atoms with Crippen molar-refractivity contribution in [3.05, 3.63) is 29.3 Å². The van der Waals surface area contributed by atoms with Gasteiger partial charge in [0, 0.05) is 28.7 Å². The largest absolute Gasteiger partial charge is 0.493 e. The van der Waals surface area contributed by atoms with Gasteiger partial charge in [0.25, 0.3) is 0 Å². The van der Waals surface area contributed by atoms with Gasteiger partial charge < -0.3 is 9.84 Å². The Hall–Kier alpha value is -0.100. The highest BCUT2D eigenvalue weighted by Crippen LogP contribution is 2.31. The van der Waals surface area contributed by atoms with E-state index in [4.69, 9.17) is 27.9 Å². The lowest BCUT2D eigenvalue weighted by Crippen LogP contribution is -2.16. The van der Waals surface area contributed by atoms with Gasteiger partial charge in [-0.25, -0.2) is 8.78 Å². The molecular weight excluding hydrogens is 377 g/mol. The van der Waals surface area contributed by atoms with Crippen LogP contribution in [0.25, 0.3) is 0 Å². The third-order valence-corrected chi connectivity index (χ3v) is 4.07. The summed E-state index contributed by atoms with van der Waals surface area (Å²) in [4.78, 5) is -0.521. The van der Waals surface area contributed by atoms with E-state index >= 15 is 0 Å². The Balaban J connectivity index is 2.88. The molecule has 0 fully saturated rings. The minimum absolute atomic E-state index is 0.0736. The van der Waals surface area contributed by atoms with Crippen LogP contribution in [0.1, 0.15) is 24.5 Å². The highest BCUT2D eigenvalue weighted by atomic mass is 79.9. The highest BCUT2D eigenvalue weighted by molar-refractivity contribution is 9.09. The van der Waals surface area contributed by atoms with Crippen LogP contribution in [-0.4, -0.2) is 28.3 Å². The Kier molecular flexibility index (Phi) is 8.10. The van der Waals surface area contributed by atoms with Crippen LogP contribution in [0.5, 0.6) is 5.75 Å². The zero-order chi connectivity index (χ0) is 15.1. The van der Waals surface area contributed by atoms with Gasteiger partial charge in [-0.1, -0.05) is 15.9 Å². The summed E-state index contributed by atoms with van der Waals surface area (Å²) in [5.74, 6) is -0.944. The molecule has 2 unspecified atom stereocenters. The summed E-state index contributed by atoms with van der Waals surface area (Å²) in [5.41, 5.74) is -0.387. The highest BCUT2D eigenvalue weighted by Gasteiger charge is 2.25. The molecule has 1 aromatic carbocycles. The van der Waals surface area contributed by atoms with Crippen LogP contribution >= 0.6 is 39.1 Å². The summed E-state index contributed by atoms with van der Waals surface area (Å²) in [6, 6.07) is 2.10. The average molecular weight is 392 g/mol. The second kappa shape index (κ2) is 9.03. The van der Waals surface area contributed by atoms with Crippen molar-refractivity contribution in [2.75, 3.05) is 18.4 Å². The normalized spacial score (nSPS) is 14.1. The van der Waals surface area contributed by atoms with Gasteiger partial charge in [-0.15, -0.1) is 23.2 Å². The van der Waals surface area contributed by atoms with E-state index in [9.17, 15) is 13.9 Å². The van der Waals surface area contributed by atoms with E-state index in [1.807, 2.05) is 0 Å². The lowest BCUT2D eigenvalue weighted by atomic mass is 10.0. The van der Waals surface area contributed by atoms with Gasteiger partial charge in [0.05, 0.1) is 18.3 Å². The fourth-order valence-electron chi connectivity index (χ4n) is 1.61. The van der Waals surface area contributed by atoms with Gasteiger partial charge in [-0.2, -0.15) is 0 Å². The Morgan fingerprint density at radius 3 is 2.30 bits per heavy atom. The number of rotatable bonds is 8. The van der Waals surface area contributed by atoms with Crippen LogP contribution in [0.4, 0.5) is 8.78 Å². The Morgan fingerprint density at radius 1 is 1.20 bits per heavy atom. The summed E-state index contributed by atoms with van der Waals surface area (Å²) in [7, 11) is 0. The Bertz CT molecular complexity index is 412. The zero-order valence-electron chi connectivity index (χ0n) is 10.6. The van der Waals surface area contributed by atoms with Gasteiger partial charge in [0.15, 0.2) is 0 Å². The van der Waals surface area contributed by atoms with Crippen LogP contribution in [0.2, 0.25) is 0 Å². The van der Waals surface area contributed by atoms with E-state index < -0.39 is 22.6 Å². The van der Waals surface area contributed by atoms with Gasteiger partial charge in [-0.05, 0) is 12.8 Å². The molecule has 0 aliphatic heterocycles. The number of aliphatic hydroxyl groups excluding tert-OH is 1. The van der Waals surface area contributed by atoms with E-state index in [1.165, 1.54) is 0 Å². The maximum atomic E-state index is 13.9. The molecule has 0 heterocycles. The van der Waals surface area contributed by atoms with E-state index in [1.54, 1.807) is 0 Å². The fraction of sp³-hybridized carbons (Fsp3) is 0.538. The number of halogens is 5. The quantitative estimate of drug-likeness (QED) is 0.525. The SMILES string of the molecule is OC(c1c(F)cc(OCCCCl)cc1F)C(Br)CCCl. The summed E-state index contributed by atoms with van der Waals surface area (Å²) in [6.45, 7) is 0.275. The monoisotopic (exact) mass is 390 g/mol. The molecule has 1 aromatic rings. The van der Waals surface area contributed by atoms with Crippen LogP contribution in [0.3, 0.4) is 0 Å². The maximum absolute atomic E-state index is 13.9. The van der Waals surface area contributed by atoms with Crippen LogP contribution in [-0.2, 0) is 0 Å². The molecule has 1 rings (SSSR count). The minimum Gasteiger partial charge on any atom is -0.493 e. The standard InChI is InChI=1S/C13H15BrCl2F2O2/c14-9(2-4-16)13(19)12-10(17)6-8(7-11(12)18)20-5-1-3-15/h6-7,9,13,19H,1-5H2. The zero-order valence-corrected chi connectivity index (χ0v) is 13.7. The average Bonchev–Trinajstić information content (AvgIpc) is 2.38. The molecule has 0 bridgehead atoms. The Labute approximate surface area is 135 Å². The molecule has 0 saturated carbocycles. The molecule has 0 spiro atoms. The first-order valence-corrected chi connectivity index (χ1v) is 8.05. The maximum Gasteiger partial charge on any atom is 0.135 e. The molecule has 0 aromatic heterocycles. The predicted molar refractivity (Wildman–Crippen MR) is 80.2 cm³/mol. The first-order valence-electron chi connectivity index (χ1n) is 6.07. The molecule has 20 heavy (non-hydrogen) atoms. The van der Waals surface area contributed by atoms with Crippen molar-refractivity contribution in [1.82, 2.24) is 0 Å². The number of hydrogen-bond donors (Lipinski definition) is 1. The summed E-state index contributed by atoms with van der Waals surface area (Å²) in [6.07, 6.45) is -0.352. The number of aliphatic hydroxyl groups is 1. The lowest BCUT2D eigenvalue weighted by molar-refractivity contribution is 0.165. The van der Waals surface area contributed by atoms with Crippen molar-refractivity contribution >= 4 is 39.1 Å². The number of benzene rings is 1. The molecule has 0 amide bonds. The minimum atomic E-state index is -1.31. The molecule has 2 nitrogen and oxygen atoms in total. The molecule has 0 saturated heterocycles. The summed E-state index contributed by atoms with van der Waals surface area (Å²) >= 11 is 14.2. The summed E-state index contributed by atoms with van der Waals surface area (Å²) < 4.78 is 33.0. The van der Waals surface area contributed by atoms with E-state index in [-0.39, 0.29) is 23.8 Å². The Morgan fingerprint density at radius 2 is 1.80 bits per heavy atom. The van der Waals surface area contributed by atoms with Gasteiger partial charge >= 0.3 is 0 Å². The topological polar surface area (TPSA) is 29.5 Å². The lowest BCUT2D eigenvalue weighted by Gasteiger charge is -2.18. The van der Waals surface area contributed by atoms with E-state index in [0.29, 0.717) is 18.7 Å². The molecule has 1 N–H and O–H groups in total. The first kappa shape index (κ1) is 18.0. The van der Waals surface area contributed by atoms with Crippen LogP contribution in [0, 0.1) is 11.6 Å². The smallest absolute Gasteiger partial charge is 0.135 e.